The number of halogens is 1. The average molecular weight is 298 g/mol. The van der Waals surface area contributed by atoms with E-state index in [1.165, 1.54) is 25.1 Å². The van der Waals surface area contributed by atoms with Crippen LogP contribution in [-0.2, 0) is 16.1 Å². The van der Waals surface area contributed by atoms with Gasteiger partial charge in [0.05, 0.1) is 12.5 Å². The maximum absolute atomic E-state index is 13.5. The first-order valence-electron chi connectivity index (χ1n) is 6.41. The molecule has 116 valence electrons. The van der Waals surface area contributed by atoms with Crippen LogP contribution >= 0.6 is 0 Å². The van der Waals surface area contributed by atoms with Gasteiger partial charge in [0, 0.05) is 32.8 Å². The topological polar surface area (TPSA) is 78.9 Å². The van der Waals surface area contributed by atoms with E-state index in [2.05, 4.69) is 5.32 Å². The Labute approximate surface area is 122 Å². The van der Waals surface area contributed by atoms with Crippen molar-refractivity contribution in [2.45, 2.75) is 19.1 Å². The number of carbonyl (C=O) groups is 2. The van der Waals surface area contributed by atoms with Crippen LogP contribution in [0.4, 0.5) is 9.18 Å². The van der Waals surface area contributed by atoms with Gasteiger partial charge >= 0.3 is 12.0 Å². The molecule has 1 unspecified atom stereocenters. The molecule has 0 aliphatic carbocycles. The number of hydrogen-bond donors (Lipinski definition) is 2. The van der Waals surface area contributed by atoms with Gasteiger partial charge in [-0.2, -0.15) is 0 Å². The van der Waals surface area contributed by atoms with E-state index in [0.29, 0.717) is 5.56 Å². The van der Waals surface area contributed by atoms with Crippen LogP contribution in [0.25, 0.3) is 0 Å². The number of carbonyl (C=O) groups excluding carboxylic acids is 1. The summed E-state index contributed by atoms with van der Waals surface area (Å²) in [5.74, 6) is -1.38. The van der Waals surface area contributed by atoms with E-state index >= 15 is 0 Å². The molecule has 0 bridgehead atoms. The van der Waals surface area contributed by atoms with Crippen molar-refractivity contribution in [3.8, 4) is 0 Å². The molecule has 1 aromatic carbocycles. The Kier molecular flexibility index (Phi) is 6.61. The molecule has 6 nitrogen and oxygen atoms in total. The fourth-order valence-corrected chi connectivity index (χ4v) is 1.72. The number of nitrogens with zero attached hydrogens (tertiary/aromatic N) is 1. The van der Waals surface area contributed by atoms with Crippen molar-refractivity contribution < 1.29 is 23.8 Å². The van der Waals surface area contributed by atoms with Gasteiger partial charge in [0.25, 0.3) is 0 Å². The zero-order chi connectivity index (χ0) is 15.8. The first-order valence-corrected chi connectivity index (χ1v) is 6.41. The van der Waals surface area contributed by atoms with Gasteiger partial charge in [-0.15, -0.1) is 0 Å². The Bertz CT molecular complexity index is 496. The quantitative estimate of drug-likeness (QED) is 0.798. The Morgan fingerprint density at radius 3 is 2.67 bits per heavy atom. The van der Waals surface area contributed by atoms with Crippen molar-refractivity contribution in [1.29, 1.82) is 0 Å². The maximum atomic E-state index is 13.5. The fraction of sp³-hybridized carbons (Fsp3) is 0.429. The predicted octanol–water partition coefficient (Wildman–Crippen LogP) is 1.46. The Morgan fingerprint density at radius 1 is 1.43 bits per heavy atom. The third-order valence-electron chi connectivity index (χ3n) is 2.93. The number of rotatable bonds is 7. The second-order valence-electron chi connectivity index (χ2n) is 4.59. The third-order valence-corrected chi connectivity index (χ3v) is 2.93. The molecule has 0 saturated carbocycles. The molecular weight excluding hydrogens is 279 g/mol. The third kappa shape index (κ3) is 5.78. The van der Waals surface area contributed by atoms with Crippen LogP contribution in [0.1, 0.15) is 12.0 Å². The van der Waals surface area contributed by atoms with E-state index in [9.17, 15) is 14.0 Å². The van der Waals surface area contributed by atoms with Gasteiger partial charge in [-0.1, -0.05) is 18.2 Å². The van der Waals surface area contributed by atoms with Gasteiger partial charge in [-0.25, -0.2) is 9.18 Å². The van der Waals surface area contributed by atoms with Crippen LogP contribution in [0.15, 0.2) is 24.3 Å². The first-order chi connectivity index (χ1) is 9.93. The number of aliphatic carboxylic acids is 1. The van der Waals surface area contributed by atoms with Crippen LogP contribution in [-0.4, -0.2) is 48.8 Å². The van der Waals surface area contributed by atoms with Gasteiger partial charge in [-0.3, -0.25) is 4.79 Å². The van der Waals surface area contributed by atoms with E-state index < -0.39 is 18.1 Å². The van der Waals surface area contributed by atoms with Gasteiger partial charge < -0.3 is 20.1 Å². The van der Waals surface area contributed by atoms with Gasteiger partial charge in [0.15, 0.2) is 0 Å². The van der Waals surface area contributed by atoms with Gasteiger partial charge in [0.1, 0.15) is 5.82 Å². The molecule has 0 radical (unpaired) electrons. The minimum Gasteiger partial charge on any atom is -0.481 e. The Balaban J connectivity index is 2.47. The number of hydrogen-bond acceptors (Lipinski definition) is 3. The van der Waals surface area contributed by atoms with Crippen LogP contribution in [0.3, 0.4) is 0 Å². The molecule has 0 aromatic heterocycles. The standard InChI is InChI=1S/C14H19FN2O4/c1-17(9-10-5-3-4-6-12(10)15)14(20)16-8-11(21-2)7-13(18)19/h3-6,11H,7-9H2,1-2H3,(H,16,20)(H,18,19). The minimum absolute atomic E-state index is 0.0727. The molecular formula is C14H19FN2O4. The highest BCUT2D eigenvalue weighted by molar-refractivity contribution is 5.74. The van der Waals surface area contributed by atoms with Crippen molar-refractivity contribution in [3.63, 3.8) is 0 Å². The van der Waals surface area contributed by atoms with Crippen LogP contribution in [0.5, 0.6) is 0 Å². The molecule has 21 heavy (non-hydrogen) atoms. The number of ether oxygens (including phenoxy) is 1. The highest BCUT2D eigenvalue weighted by atomic mass is 19.1. The van der Waals surface area contributed by atoms with Crippen LogP contribution in [0.2, 0.25) is 0 Å². The summed E-state index contributed by atoms with van der Waals surface area (Å²) in [6.07, 6.45) is -0.804. The molecule has 1 atom stereocenters. The van der Waals surface area contributed by atoms with E-state index in [0.717, 1.165) is 0 Å². The molecule has 1 rings (SSSR count). The van der Waals surface area contributed by atoms with E-state index in [1.54, 1.807) is 18.2 Å². The molecule has 0 aliphatic rings. The van der Waals surface area contributed by atoms with Crippen molar-refractivity contribution >= 4 is 12.0 Å². The molecule has 0 saturated heterocycles. The Morgan fingerprint density at radius 2 is 2.10 bits per heavy atom. The summed E-state index contributed by atoms with van der Waals surface area (Å²) in [4.78, 5) is 23.7. The normalized spacial score (nSPS) is 11.8. The lowest BCUT2D eigenvalue weighted by atomic mass is 10.2. The number of nitrogens with one attached hydrogen (secondary N) is 1. The lowest BCUT2D eigenvalue weighted by Gasteiger charge is -2.20. The summed E-state index contributed by atoms with van der Waals surface area (Å²) in [6.45, 7) is 0.193. The summed E-state index contributed by atoms with van der Waals surface area (Å²) in [5.41, 5.74) is 0.406. The lowest BCUT2D eigenvalue weighted by Crippen LogP contribution is -2.41. The lowest BCUT2D eigenvalue weighted by molar-refractivity contribution is -0.139. The summed E-state index contributed by atoms with van der Waals surface area (Å²) < 4.78 is 18.4. The second-order valence-corrected chi connectivity index (χ2v) is 4.59. The molecule has 0 fully saturated rings. The number of urea groups is 1. The predicted molar refractivity (Wildman–Crippen MR) is 74.3 cm³/mol. The SMILES string of the molecule is COC(CNC(=O)N(C)Cc1ccccc1F)CC(=O)O. The highest BCUT2D eigenvalue weighted by Crippen LogP contribution is 2.08. The minimum atomic E-state index is -1.00. The van der Waals surface area contributed by atoms with Crippen molar-refractivity contribution in [1.82, 2.24) is 10.2 Å². The maximum Gasteiger partial charge on any atom is 0.317 e. The highest BCUT2D eigenvalue weighted by Gasteiger charge is 2.16. The molecule has 1 aromatic rings. The number of methoxy groups -OCH3 is 1. The van der Waals surface area contributed by atoms with Crippen LogP contribution < -0.4 is 5.32 Å². The molecule has 7 heteroatoms. The number of carboxylic acid groups (broad SMARTS) is 1. The van der Waals surface area contributed by atoms with E-state index in [-0.39, 0.29) is 25.3 Å². The second kappa shape index (κ2) is 8.21. The number of carboxylic acids is 1. The first kappa shape index (κ1) is 16.9. The molecule has 0 heterocycles. The molecule has 2 amide bonds. The summed E-state index contributed by atoms with van der Waals surface area (Å²) in [5, 5.41) is 11.2. The van der Waals surface area contributed by atoms with Crippen molar-refractivity contribution in [2.75, 3.05) is 20.7 Å². The summed E-state index contributed by atoms with van der Waals surface area (Å²) in [6, 6.07) is 5.77. The van der Waals surface area contributed by atoms with E-state index in [4.69, 9.17) is 9.84 Å². The number of amides is 2. The molecule has 2 N–H and O–H groups in total. The number of benzene rings is 1. The van der Waals surface area contributed by atoms with Crippen LogP contribution in [0, 0.1) is 5.82 Å². The van der Waals surface area contributed by atoms with Crippen molar-refractivity contribution in [3.05, 3.63) is 35.6 Å². The largest absolute Gasteiger partial charge is 0.481 e. The monoisotopic (exact) mass is 298 g/mol. The smallest absolute Gasteiger partial charge is 0.317 e. The van der Waals surface area contributed by atoms with Gasteiger partial charge in [0.2, 0.25) is 0 Å². The Hall–Kier alpha value is -2.15. The van der Waals surface area contributed by atoms with Crippen molar-refractivity contribution in [2.24, 2.45) is 0 Å². The van der Waals surface area contributed by atoms with E-state index in [1.807, 2.05) is 0 Å². The fourth-order valence-electron chi connectivity index (χ4n) is 1.72. The molecule has 0 spiro atoms. The van der Waals surface area contributed by atoms with Gasteiger partial charge in [-0.05, 0) is 6.07 Å². The zero-order valence-electron chi connectivity index (χ0n) is 12.0. The summed E-state index contributed by atoms with van der Waals surface area (Å²) in [7, 11) is 2.91. The summed E-state index contributed by atoms with van der Waals surface area (Å²) >= 11 is 0. The molecule has 0 aliphatic heterocycles. The zero-order valence-corrected chi connectivity index (χ0v) is 12.0. The average Bonchev–Trinajstić information content (AvgIpc) is 2.45.